The molecule has 2 rings (SSSR count). The molecule has 0 spiro atoms. The molecule has 1 aromatic carbocycles. The second-order valence-electron chi connectivity index (χ2n) is 4.38. The lowest BCUT2D eigenvalue weighted by Crippen LogP contribution is -2.32. The van der Waals surface area contributed by atoms with E-state index in [0.717, 1.165) is 12.0 Å². The van der Waals surface area contributed by atoms with Crippen LogP contribution in [0.25, 0.3) is 0 Å². The lowest BCUT2D eigenvalue weighted by Gasteiger charge is -2.30. The number of esters is 1. The van der Waals surface area contributed by atoms with E-state index >= 15 is 0 Å². The van der Waals surface area contributed by atoms with Gasteiger partial charge < -0.3 is 9.47 Å². The monoisotopic (exact) mass is 360 g/mol. The minimum Gasteiger partial charge on any atom is -0.466 e. The van der Waals surface area contributed by atoms with E-state index in [9.17, 15) is 4.79 Å². The maximum atomic E-state index is 12.0. The van der Waals surface area contributed by atoms with Crippen LogP contribution >= 0.6 is 22.6 Å². The van der Waals surface area contributed by atoms with Gasteiger partial charge in [-0.2, -0.15) is 0 Å². The van der Waals surface area contributed by atoms with Gasteiger partial charge in [0.15, 0.2) is 0 Å². The highest BCUT2D eigenvalue weighted by Crippen LogP contribution is 2.32. The molecular formula is C14H17IO3. The van der Waals surface area contributed by atoms with Crippen LogP contribution in [0.15, 0.2) is 24.3 Å². The zero-order chi connectivity index (χ0) is 13.0. The van der Waals surface area contributed by atoms with Gasteiger partial charge >= 0.3 is 5.97 Å². The number of hydrogen-bond donors (Lipinski definition) is 0. The summed E-state index contributed by atoms with van der Waals surface area (Å²) < 4.78 is 11.9. The first-order chi connectivity index (χ1) is 8.72. The number of halogens is 1. The first-order valence-electron chi connectivity index (χ1n) is 6.22. The Hall–Kier alpha value is -0.620. The van der Waals surface area contributed by atoms with Gasteiger partial charge in [-0.1, -0.05) is 12.1 Å². The number of rotatable bonds is 3. The summed E-state index contributed by atoms with van der Waals surface area (Å²) in [6.45, 7) is 3.53. The minimum absolute atomic E-state index is 0.0706. The molecule has 1 aromatic rings. The number of carbonyl (C=O) groups is 1. The maximum absolute atomic E-state index is 12.0. The van der Waals surface area contributed by atoms with E-state index in [1.807, 2.05) is 6.92 Å². The van der Waals surface area contributed by atoms with Gasteiger partial charge in [-0.15, -0.1) is 0 Å². The highest BCUT2D eigenvalue weighted by Gasteiger charge is 2.33. The van der Waals surface area contributed by atoms with Crippen LogP contribution in [0.4, 0.5) is 0 Å². The zero-order valence-corrected chi connectivity index (χ0v) is 12.6. The number of benzene rings is 1. The lowest BCUT2D eigenvalue weighted by molar-refractivity contribution is -0.152. The van der Waals surface area contributed by atoms with E-state index in [2.05, 4.69) is 46.9 Å². The van der Waals surface area contributed by atoms with Gasteiger partial charge in [0.2, 0.25) is 0 Å². The predicted molar refractivity (Wildman–Crippen MR) is 77.5 cm³/mol. The Morgan fingerprint density at radius 2 is 2.17 bits per heavy atom. The van der Waals surface area contributed by atoms with Crippen LogP contribution in [0.1, 0.15) is 24.8 Å². The standard InChI is InChI=1S/C14H17IO3/c1-2-18-14(16)12-7-8-17-9-13(12)10-3-5-11(15)6-4-10/h3-6,12-13H,2,7-9H2,1H3/t12-,13-/m0/s1. The Labute approximate surface area is 121 Å². The molecule has 1 heterocycles. The van der Waals surface area contributed by atoms with E-state index in [1.165, 1.54) is 3.57 Å². The number of ether oxygens (including phenoxy) is 2. The van der Waals surface area contributed by atoms with Crippen molar-refractivity contribution in [2.24, 2.45) is 5.92 Å². The van der Waals surface area contributed by atoms with Gasteiger partial charge in [-0.3, -0.25) is 4.79 Å². The molecule has 0 radical (unpaired) electrons. The largest absolute Gasteiger partial charge is 0.466 e. The molecule has 1 aliphatic rings. The van der Waals surface area contributed by atoms with E-state index < -0.39 is 0 Å². The molecule has 0 bridgehead atoms. The third kappa shape index (κ3) is 3.23. The van der Waals surface area contributed by atoms with Gasteiger partial charge in [0, 0.05) is 16.1 Å². The Balaban J connectivity index is 2.17. The van der Waals surface area contributed by atoms with Crippen molar-refractivity contribution in [3.05, 3.63) is 33.4 Å². The molecule has 0 aromatic heterocycles. The minimum atomic E-state index is -0.0932. The molecule has 0 aliphatic carbocycles. The van der Waals surface area contributed by atoms with Crippen molar-refractivity contribution in [2.45, 2.75) is 19.3 Å². The first-order valence-corrected chi connectivity index (χ1v) is 7.30. The van der Waals surface area contributed by atoms with Crippen LogP contribution in [0.2, 0.25) is 0 Å². The van der Waals surface area contributed by atoms with Gasteiger partial charge in [-0.25, -0.2) is 0 Å². The summed E-state index contributed by atoms with van der Waals surface area (Å²) in [5, 5.41) is 0. The van der Waals surface area contributed by atoms with Crippen molar-refractivity contribution in [1.82, 2.24) is 0 Å². The van der Waals surface area contributed by atoms with Crippen molar-refractivity contribution < 1.29 is 14.3 Å². The molecule has 98 valence electrons. The number of carbonyl (C=O) groups excluding carboxylic acids is 1. The van der Waals surface area contributed by atoms with Crippen LogP contribution in [0.3, 0.4) is 0 Å². The van der Waals surface area contributed by atoms with Crippen molar-refractivity contribution in [1.29, 1.82) is 0 Å². The molecule has 1 fully saturated rings. The summed E-state index contributed by atoms with van der Waals surface area (Å²) >= 11 is 2.28. The molecule has 18 heavy (non-hydrogen) atoms. The molecule has 0 N–H and O–H groups in total. The highest BCUT2D eigenvalue weighted by molar-refractivity contribution is 14.1. The molecule has 1 aliphatic heterocycles. The number of hydrogen-bond acceptors (Lipinski definition) is 3. The van der Waals surface area contributed by atoms with Gasteiger partial charge in [0.1, 0.15) is 0 Å². The van der Waals surface area contributed by atoms with Crippen molar-refractivity contribution in [2.75, 3.05) is 19.8 Å². The van der Waals surface area contributed by atoms with Gasteiger partial charge in [-0.05, 0) is 53.6 Å². The molecule has 0 unspecified atom stereocenters. The third-order valence-electron chi connectivity index (χ3n) is 3.24. The van der Waals surface area contributed by atoms with Crippen molar-refractivity contribution in [3.8, 4) is 0 Å². The third-order valence-corrected chi connectivity index (χ3v) is 3.96. The van der Waals surface area contributed by atoms with Gasteiger partial charge in [0.25, 0.3) is 0 Å². The summed E-state index contributed by atoms with van der Waals surface area (Å²) in [6, 6.07) is 8.28. The van der Waals surface area contributed by atoms with Crippen LogP contribution in [-0.4, -0.2) is 25.8 Å². The first kappa shape index (κ1) is 13.8. The van der Waals surface area contributed by atoms with Gasteiger partial charge in [0.05, 0.1) is 19.1 Å². The fourth-order valence-corrected chi connectivity index (χ4v) is 2.67. The lowest BCUT2D eigenvalue weighted by atomic mass is 9.83. The molecule has 3 nitrogen and oxygen atoms in total. The Morgan fingerprint density at radius 3 is 2.83 bits per heavy atom. The van der Waals surface area contributed by atoms with Crippen molar-refractivity contribution >= 4 is 28.6 Å². The fraction of sp³-hybridized carbons (Fsp3) is 0.500. The topological polar surface area (TPSA) is 35.5 Å². The van der Waals surface area contributed by atoms with E-state index in [-0.39, 0.29) is 17.8 Å². The summed E-state index contributed by atoms with van der Waals surface area (Å²) in [4.78, 5) is 12.0. The molecule has 0 amide bonds. The summed E-state index contributed by atoms with van der Waals surface area (Å²) in [6.07, 6.45) is 0.746. The SMILES string of the molecule is CCOC(=O)[C@H]1CCOC[C@H]1c1ccc(I)cc1. The Morgan fingerprint density at radius 1 is 1.44 bits per heavy atom. The Kier molecular flexibility index (Phi) is 5.00. The Bertz CT molecular complexity index is 402. The average Bonchev–Trinajstić information content (AvgIpc) is 2.40. The molecule has 0 saturated carbocycles. The summed E-state index contributed by atoms with van der Waals surface area (Å²) in [7, 11) is 0. The molecule has 2 atom stereocenters. The van der Waals surface area contributed by atoms with E-state index in [1.54, 1.807) is 0 Å². The average molecular weight is 360 g/mol. The normalized spacial score (nSPS) is 23.7. The van der Waals surface area contributed by atoms with Crippen LogP contribution in [0, 0.1) is 9.49 Å². The van der Waals surface area contributed by atoms with Crippen LogP contribution in [0.5, 0.6) is 0 Å². The summed E-state index contributed by atoms with van der Waals surface area (Å²) in [5.41, 5.74) is 1.16. The van der Waals surface area contributed by atoms with Crippen molar-refractivity contribution in [3.63, 3.8) is 0 Å². The maximum Gasteiger partial charge on any atom is 0.309 e. The second-order valence-corrected chi connectivity index (χ2v) is 5.63. The second kappa shape index (κ2) is 6.52. The highest BCUT2D eigenvalue weighted by atomic mass is 127. The summed E-state index contributed by atoms with van der Waals surface area (Å²) in [5.74, 6) is -0.0436. The van der Waals surface area contributed by atoms with E-state index in [0.29, 0.717) is 19.8 Å². The quantitative estimate of drug-likeness (QED) is 0.614. The van der Waals surface area contributed by atoms with Crippen LogP contribution < -0.4 is 0 Å². The fourth-order valence-electron chi connectivity index (χ4n) is 2.31. The van der Waals surface area contributed by atoms with E-state index in [4.69, 9.17) is 9.47 Å². The van der Waals surface area contributed by atoms with Crippen LogP contribution in [-0.2, 0) is 14.3 Å². The molecular weight excluding hydrogens is 343 g/mol. The molecule has 1 saturated heterocycles. The zero-order valence-electron chi connectivity index (χ0n) is 10.4. The predicted octanol–water partition coefficient (Wildman–Crippen LogP) is 2.97. The smallest absolute Gasteiger partial charge is 0.309 e. The molecule has 4 heteroatoms.